The molecule has 0 amide bonds. The molecule has 1 heterocycles. The SMILES string of the molecule is C[C@H](c1cccc2ccccc12)N1C=CN([C@H](C)c2cccc3ccccc23)[PH]1=O. The van der Waals surface area contributed by atoms with Gasteiger partial charge in [-0.25, -0.2) is 0 Å². The first-order valence-electron chi connectivity index (χ1n) is 10.4. The van der Waals surface area contributed by atoms with E-state index in [2.05, 4.69) is 98.8 Å². The van der Waals surface area contributed by atoms with Gasteiger partial charge in [0.05, 0.1) is 12.1 Å². The van der Waals surface area contributed by atoms with Gasteiger partial charge in [-0.2, -0.15) is 0 Å². The molecule has 3 nitrogen and oxygen atoms in total. The third-order valence-electron chi connectivity index (χ3n) is 6.21. The molecule has 4 aromatic rings. The van der Waals surface area contributed by atoms with Crippen LogP contribution < -0.4 is 0 Å². The van der Waals surface area contributed by atoms with Crippen molar-refractivity contribution in [3.05, 3.63) is 108 Å². The molecule has 0 saturated carbocycles. The number of rotatable bonds is 4. The van der Waals surface area contributed by atoms with Crippen LogP contribution in [0.15, 0.2) is 97.3 Å². The summed E-state index contributed by atoms with van der Waals surface area (Å²) in [6.45, 7) is 4.28. The molecule has 0 bridgehead atoms. The minimum Gasteiger partial charge on any atom is -0.307 e. The van der Waals surface area contributed by atoms with Gasteiger partial charge in [-0.05, 0) is 46.5 Å². The van der Waals surface area contributed by atoms with E-state index in [0.29, 0.717) is 0 Å². The first-order chi connectivity index (χ1) is 14.6. The second-order valence-electron chi connectivity index (χ2n) is 7.88. The minimum absolute atomic E-state index is 0.0310. The van der Waals surface area contributed by atoms with E-state index in [1.54, 1.807) is 0 Å². The maximum Gasteiger partial charge on any atom is 0.251 e. The Morgan fingerprint density at radius 2 is 1.00 bits per heavy atom. The Hall–Kier alpha value is -3.03. The van der Waals surface area contributed by atoms with Crippen molar-refractivity contribution in [3.8, 4) is 0 Å². The molecule has 4 aromatic carbocycles. The topological polar surface area (TPSA) is 23.6 Å². The minimum atomic E-state index is -2.16. The van der Waals surface area contributed by atoms with Crippen LogP contribution in [-0.2, 0) is 4.57 Å². The van der Waals surface area contributed by atoms with Gasteiger partial charge in [-0.15, -0.1) is 0 Å². The van der Waals surface area contributed by atoms with Crippen molar-refractivity contribution in [2.75, 3.05) is 0 Å². The van der Waals surface area contributed by atoms with Gasteiger partial charge in [-0.3, -0.25) is 4.57 Å². The summed E-state index contributed by atoms with van der Waals surface area (Å²) in [7, 11) is -2.16. The number of hydrogen-bond donors (Lipinski definition) is 0. The van der Waals surface area contributed by atoms with Gasteiger partial charge in [-0.1, -0.05) is 84.9 Å². The standard InChI is InChI=1S/C26H25N2OP/c1-19(23-15-7-11-21-9-3-5-13-25(21)23)27-17-18-28(30(27)29)20(2)24-16-8-12-22-10-4-6-14-26(22)24/h3-20,30H,1-2H3/t19-,20-/m1/s1. The average Bonchev–Trinajstić information content (AvgIpc) is 3.18. The zero-order valence-electron chi connectivity index (χ0n) is 17.2. The largest absolute Gasteiger partial charge is 0.307 e. The molecule has 0 aliphatic carbocycles. The Morgan fingerprint density at radius 3 is 1.47 bits per heavy atom. The molecular formula is C26H25N2OP. The summed E-state index contributed by atoms with van der Waals surface area (Å²) in [5, 5.41) is 4.86. The highest BCUT2D eigenvalue weighted by Crippen LogP contribution is 2.50. The third kappa shape index (κ3) is 3.11. The zero-order chi connectivity index (χ0) is 20.7. The molecule has 0 radical (unpaired) electrons. The van der Waals surface area contributed by atoms with E-state index in [-0.39, 0.29) is 12.1 Å². The average molecular weight is 412 g/mol. The predicted octanol–water partition coefficient (Wildman–Crippen LogP) is 7.29. The molecule has 1 aliphatic rings. The molecular weight excluding hydrogens is 387 g/mol. The molecule has 0 fully saturated rings. The van der Waals surface area contributed by atoms with Crippen LogP contribution in [0.5, 0.6) is 0 Å². The first kappa shape index (κ1) is 19.0. The van der Waals surface area contributed by atoms with Crippen molar-refractivity contribution in [1.82, 2.24) is 9.34 Å². The lowest BCUT2D eigenvalue weighted by molar-refractivity contribution is 0.404. The lowest BCUT2D eigenvalue weighted by atomic mass is 10.00. The first-order valence-corrected chi connectivity index (χ1v) is 11.7. The number of fused-ring (bicyclic) bond motifs is 2. The lowest BCUT2D eigenvalue weighted by Crippen LogP contribution is -2.17. The number of hydrogen-bond acceptors (Lipinski definition) is 1. The van der Waals surface area contributed by atoms with Crippen LogP contribution in [-0.4, -0.2) is 9.34 Å². The molecule has 2 atom stereocenters. The highest BCUT2D eigenvalue weighted by Gasteiger charge is 2.30. The van der Waals surface area contributed by atoms with Crippen LogP contribution in [0.2, 0.25) is 0 Å². The van der Waals surface area contributed by atoms with E-state index >= 15 is 0 Å². The highest BCUT2D eigenvalue weighted by molar-refractivity contribution is 7.39. The van der Waals surface area contributed by atoms with Crippen molar-refractivity contribution in [2.45, 2.75) is 25.9 Å². The molecule has 150 valence electrons. The predicted molar refractivity (Wildman–Crippen MR) is 127 cm³/mol. The van der Waals surface area contributed by atoms with Crippen LogP contribution in [0.25, 0.3) is 21.5 Å². The van der Waals surface area contributed by atoms with E-state index in [0.717, 1.165) is 0 Å². The van der Waals surface area contributed by atoms with Gasteiger partial charge in [0.15, 0.2) is 0 Å². The van der Waals surface area contributed by atoms with Crippen LogP contribution >= 0.6 is 8.10 Å². The van der Waals surface area contributed by atoms with E-state index < -0.39 is 8.10 Å². The van der Waals surface area contributed by atoms with E-state index in [1.807, 2.05) is 21.7 Å². The molecule has 4 heteroatoms. The second kappa shape index (κ2) is 7.66. The van der Waals surface area contributed by atoms with Gasteiger partial charge >= 0.3 is 0 Å². The molecule has 1 aliphatic heterocycles. The second-order valence-corrected chi connectivity index (χ2v) is 9.48. The zero-order valence-corrected chi connectivity index (χ0v) is 18.2. The fourth-order valence-electron chi connectivity index (χ4n) is 4.52. The van der Waals surface area contributed by atoms with Gasteiger partial charge in [0, 0.05) is 12.4 Å². The quantitative estimate of drug-likeness (QED) is 0.329. The van der Waals surface area contributed by atoms with Crippen molar-refractivity contribution >= 4 is 29.6 Å². The molecule has 5 rings (SSSR count). The smallest absolute Gasteiger partial charge is 0.251 e. The highest BCUT2D eigenvalue weighted by atomic mass is 31.1. The summed E-state index contributed by atoms with van der Waals surface area (Å²) in [6.07, 6.45) is 3.99. The van der Waals surface area contributed by atoms with Crippen LogP contribution in [0.1, 0.15) is 37.1 Å². The fraction of sp³-hybridized carbons (Fsp3) is 0.154. The summed E-state index contributed by atoms with van der Waals surface area (Å²) in [5.41, 5.74) is 2.41. The Balaban J connectivity index is 1.46. The summed E-state index contributed by atoms with van der Waals surface area (Å²) in [4.78, 5) is 0. The van der Waals surface area contributed by atoms with Crippen molar-refractivity contribution in [1.29, 1.82) is 0 Å². The molecule has 30 heavy (non-hydrogen) atoms. The Bertz CT molecular complexity index is 1170. The Morgan fingerprint density at radius 1 is 0.600 bits per heavy atom. The van der Waals surface area contributed by atoms with Gasteiger partial charge in [0.2, 0.25) is 0 Å². The molecule has 0 unspecified atom stereocenters. The summed E-state index contributed by atoms with van der Waals surface area (Å²) in [6, 6.07) is 29.6. The van der Waals surface area contributed by atoms with Gasteiger partial charge < -0.3 is 9.34 Å². The van der Waals surface area contributed by atoms with Gasteiger partial charge in [0.1, 0.15) is 0 Å². The van der Waals surface area contributed by atoms with Crippen LogP contribution in [0, 0.1) is 0 Å². The van der Waals surface area contributed by atoms with E-state index in [1.165, 1.54) is 32.7 Å². The normalized spacial score (nSPS) is 16.5. The molecule has 0 saturated heterocycles. The Labute approximate surface area is 178 Å². The lowest BCUT2D eigenvalue weighted by Gasteiger charge is -2.31. The summed E-state index contributed by atoms with van der Waals surface area (Å²) < 4.78 is 17.6. The monoisotopic (exact) mass is 412 g/mol. The van der Waals surface area contributed by atoms with Crippen molar-refractivity contribution < 1.29 is 4.57 Å². The van der Waals surface area contributed by atoms with Crippen molar-refractivity contribution in [3.63, 3.8) is 0 Å². The molecule has 0 aromatic heterocycles. The van der Waals surface area contributed by atoms with Gasteiger partial charge in [0.25, 0.3) is 8.10 Å². The number of nitrogens with zero attached hydrogens (tertiary/aromatic N) is 2. The van der Waals surface area contributed by atoms with Crippen molar-refractivity contribution in [2.24, 2.45) is 0 Å². The van der Waals surface area contributed by atoms with E-state index in [9.17, 15) is 4.57 Å². The molecule has 0 spiro atoms. The fourth-order valence-corrected chi connectivity index (χ4v) is 6.12. The van der Waals surface area contributed by atoms with Crippen LogP contribution in [0.4, 0.5) is 0 Å². The third-order valence-corrected chi connectivity index (χ3v) is 8.17. The molecule has 0 N–H and O–H groups in total. The summed E-state index contributed by atoms with van der Waals surface area (Å²) in [5.74, 6) is 0. The van der Waals surface area contributed by atoms with E-state index in [4.69, 9.17) is 0 Å². The summed E-state index contributed by atoms with van der Waals surface area (Å²) >= 11 is 0. The number of benzene rings is 4. The Kier molecular flexibility index (Phi) is 4.84. The maximum absolute atomic E-state index is 13.6. The van der Waals surface area contributed by atoms with Crippen LogP contribution in [0.3, 0.4) is 0 Å². The maximum atomic E-state index is 13.6.